The second-order valence-electron chi connectivity index (χ2n) is 7.89. The van der Waals surface area contributed by atoms with E-state index in [1.165, 1.54) is 41.4 Å². The van der Waals surface area contributed by atoms with Crippen LogP contribution in [0, 0.1) is 17.0 Å². The number of anilines is 2. The van der Waals surface area contributed by atoms with Crippen molar-refractivity contribution in [1.29, 1.82) is 0 Å². The predicted octanol–water partition coefficient (Wildman–Crippen LogP) is 4.48. The molecule has 0 saturated carbocycles. The molecule has 1 unspecified atom stereocenters. The number of nitrogens with one attached hydrogen (secondary N) is 1. The highest BCUT2D eigenvalue weighted by atomic mass is 32.2. The Morgan fingerprint density at radius 3 is 2.58 bits per heavy atom. The molecule has 1 heterocycles. The lowest BCUT2D eigenvalue weighted by atomic mass is 10.2. The van der Waals surface area contributed by atoms with Gasteiger partial charge in [-0.1, -0.05) is 41.6 Å². The summed E-state index contributed by atoms with van der Waals surface area (Å²) >= 11 is 1.09. The molecule has 1 aliphatic heterocycles. The maximum absolute atomic E-state index is 13.2. The third-order valence-electron chi connectivity index (χ3n) is 5.18. The number of nitrogens with zero attached hydrogens (tertiary/aromatic N) is 4. The summed E-state index contributed by atoms with van der Waals surface area (Å²) in [6.07, 6.45) is 1.26. The Hall–Kier alpha value is -4.51. The van der Waals surface area contributed by atoms with Crippen molar-refractivity contribution < 1.29 is 19.6 Å². The molecular formula is C25H21N5O5S. The van der Waals surface area contributed by atoms with E-state index in [0.29, 0.717) is 16.9 Å². The van der Waals surface area contributed by atoms with Gasteiger partial charge in [-0.25, -0.2) is 0 Å². The summed E-state index contributed by atoms with van der Waals surface area (Å²) in [4.78, 5) is 37.7. The van der Waals surface area contributed by atoms with Crippen molar-refractivity contribution in [2.24, 2.45) is 10.2 Å². The molecule has 11 heteroatoms. The molecule has 10 nitrogen and oxygen atoms in total. The highest BCUT2D eigenvalue weighted by Gasteiger charge is 2.40. The molecule has 4 rings (SSSR count). The largest absolute Gasteiger partial charge is 0.508 e. The molecule has 0 aliphatic carbocycles. The average molecular weight is 504 g/mol. The summed E-state index contributed by atoms with van der Waals surface area (Å²) in [7, 11) is 0. The molecule has 3 aromatic rings. The van der Waals surface area contributed by atoms with Crippen molar-refractivity contribution in [1.82, 2.24) is 0 Å². The van der Waals surface area contributed by atoms with Crippen LogP contribution < -0.4 is 10.2 Å². The van der Waals surface area contributed by atoms with Crippen molar-refractivity contribution in [3.8, 4) is 5.75 Å². The Morgan fingerprint density at radius 1 is 1.17 bits per heavy atom. The lowest BCUT2D eigenvalue weighted by Crippen LogP contribution is -2.33. The zero-order chi connectivity index (χ0) is 25.7. The van der Waals surface area contributed by atoms with Crippen LogP contribution in [0.25, 0.3) is 0 Å². The van der Waals surface area contributed by atoms with E-state index in [0.717, 1.165) is 17.3 Å². The van der Waals surface area contributed by atoms with E-state index >= 15 is 0 Å². The summed E-state index contributed by atoms with van der Waals surface area (Å²) in [6.45, 7) is 1.94. The lowest BCUT2D eigenvalue weighted by molar-refractivity contribution is -0.384. The van der Waals surface area contributed by atoms with Gasteiger partial charge in [-0.05, 0) is 43.3 Å². The summed E-state index contributed by atoms with van der Waals surface area (Å²) in [6, 6.07) is 19.2. The third-order valence-corrected chi connectivity index (χ3v) is 6.31. The minimum Gasteiger partial charge on any atom is -0.508 e. The van der Waals surface area contributed by atoms with Crippen molar-refractivity contribution >= 4 is 52.0 Å². The summed E-state index contributed by atoms with van der Waals surface area (Å²) in [5.74, 6) is -0.639. The van der Waals surface area contributed by atoms with E-state index in [4.69, 9.17) is 0 Å². The fourth-order valence-electron chi connectivity index (χ4n) is 3.39. The van der Waals surface area contributed by atoms with Crippen LogP contribution in [0.3, 0.4) is 0 Å². The fourth-order valence-corrected chi connectivity index (χ4v) is 4.48. The van der Waals surface area contributed by atoms with Gasteiger partial charge in [0.15, 0.2) is 5.17 Å². The van der Waals surface area contributed by atoms with Crippen molar-refractivity contribution in [2.75, 3.05) is 10.2 Å². The van der Waals surface area contributed by atoms with Gasteiger partial charge in [0.05, 0.1) is 16.8 Å². The van der Waals surface area contributed by atoms with Crippen LogP contribution in [-0.4, -0.2) is 38.5 Å². The third kappa shape index (κ3) is 5.94. The van der Waals surface area contributed by atoms with Crippen LogP contribution in [0.5, 0.6) is 5.75 Å². The average Bonchev–Trinajstić information content (AvgIpc) is 3.16. The molecule has 1 atom stereocenters. The number of thioether (sulfide) groups is 1. The molecule has 0 spiro atoms. The number of benzene rings is 3. The first-order chi connectivity index (χ1) is 17.3. The zero-order valence-corrected chi connectivity index (χ0v) is 19.9. The zero-order valence-electron chi connectivity index (χ0n) is 19.1. The van der Waals surface area contributed by atoms with Gasteiger partial charge < -0.3 is 10.4 Å². The van der Waals surface area contributed by atoms with E-state index in [1.807, 2.05) is 19.1 Å². The van der Waals surface area contributed by atoms with Crippen molar-refractivity contribution in [3.05, 3.63) is 94.0 Å². The van der Waals surface area contributed by atoms with Crippen LogP contribution in [0.15, 0.2) is 83.0 Å². The smallest absolute Gasteiger partial charge is 0.270 e. The summed E-state index contributed by atoms with van der Waals surface area (Å²) in [5, 5.41) is 31.1. The minimum atomic E-state index is -0.740. The van der Waals surface area contributed by atoms with E-state index in [1.54, 1.807) is 30.3 Å². The number of hydrogen-bond donors (Lipinski definition) is 2. The number of carbonyl (C=O) groups is 2. The van der Waals surface area contributed by atoms with Gasteiger partial charge in [0.1, 0.15) is 11.0 Å². The van der Waals surface area contributed by atoms with Crippen LogP contribution >= 0.6 is 11.8 Å². The normalized spacial score (nSPS) is 16.6. The lowest BCUT2D eigenvalue weighted by Gasteiger charge is -2.16. The summed E-state index contributed by atoms with van der Waals surface area (Å²) < 4.78 is 0. The predicted molar refractivity (Wildman–Crippen MR) is 140 cm³/mol. The number of hydrogen-bond acceptors (Lipinski definition) is 8. The van der Waals surface area contributed by atoms with Crippen LogP contribution in [0.1, 0.15) is 17.5 Å². The standard InChI is InChI=1S/C25H21N5O5S/c1-16-5-7-18(8-6-16)27-23(32)14-22-24(33)29(19-9-11-21(31)12-10-19)25(36-22)28-26-15-17-3-2-4-20(13-17)30(34)35/h2-13,15,22,31H,14H2,1H3,(H,27,32). The number of nitro benzene ring substituents is 1. The van der Waals surface area contributed by atoms with Gasteiger partial charge in [-0.15, -0.1) is 5.10 Å². The number of amides is 2. The molecule has 1 fully saturated rings. The van der Waals surface area contributed by atoms with Crippen molar-refractivity contribution in [3.63, 3.8) is 0 Å². The van der Waals surface area contributed by atoms with Gasteiger partial charge in [-0.3, -0.25) is 24.6 Å². The Bertz CT molecular complexity index is 1360. The highest BCUT2D eigenvalue weighted by molar-refractivity contribution is 8.16. The van der Waals surface area contributed by atoms with Gasteiger partial charge in [0, 0.05) is 29.8 Å². The molecule has 0 aromatic heterocycles. The molecule has 182 valence electrons. The number of non-ortho nitro benzene ring substituents is 1. The van der Waals surface area contributed by atoms with Crippen LogP contribution in [0.4, 0.5) is 17.1 Å². The van der Waals surface area contributed by atoms with Gasteiger partial charge in [-0.2, -0.15) is 5.10 Å². The number of phenolic OH excluding ortho intramolecular Hbond substituents is 1. The molecule has 2 amide bonds. The Morgan fingerprint density at radius 2 is 1.89 bits per heavy atom. The van der Waals surface area contributed by atoms with E-state index in [-0.39, 0.29) is 34.8 Å². The maximum Gasteiger partial charge on any atom is 0.270 e. The van der Waals surface area contributed by atoms with E-state index in [9.17, 15) is 24.8 Å². The van der Waals surface area contributed by atoms with Gasteiger partial charge in [0.25, 0.3) is 5.69 Å². The Labute approximate surface area is 210 Å². The number of carbonyl (C=O) groups excluding carboxylic acids is 2. The van der Waals surface area contributed by atoms with E-state index in [2.05, 4.69) is 15.5 Å². The Kier molecular flexibility index (Phi) is 7.40. The molecular weight excluding hydrogens is 482 g/mol. The van der Waals surface area contributed by atoms with Crippen LogP contribution in [-0.2, 0) is 9.59 Å². The fraction of sp³-hybridized carbons (Fsp3) is 0.120. The SMILES string of the molecule is Cc1ccc(NC(=O)CC2SC(=NN=Cc3cccc([N+](=O)[O-])c3)N(c3ccc(O)cc3)C2=O)cc1. The van der Waals surface area contributed by atoms with Gasteiger partial charge in [0.2, 0.25) is 11.8 Å². The Balaban J connectivity index is 1.55. The highest BCUT2D eigenvalue weighted by Crippen LogP contribution is 2.34. The van der Waals surface area contributed by atoms with Crippen LogP contribution in [0.2, 0.25) is 0 Å². The molecule has 3 aromatic carbocycles. The molecule has 1 aliphatic rings. The number of amidine groups is 1. The van der Waals surface area contributed by atoms with E-state index < -0.39 is 10.2 Å². The maximum atomic E-state index is 13.2. The molecule has 1 saturated heterocycles. The van der Waals surface area contributed by atoms with Crippen molar-refractivity contribution in [2.45, 2.75) is 18.6 Å². The number of aryl methyl sites for hydroxylation is 1. The number of nitro groups is 1. The molecule has 0 bridgehead atoms. The number of aromatic hydroxyl groups is 1. The molecule has 36 heavy (non-hydrogen) atoms. The number of rotatable bonds is 7. The first-order valence-corrected chi connectivity index (χ1v) is 11.7. The topological polar surface area (TPSA) is 138 Å². The van der Waals surface area contributed by atoms with Gasteiger partial charge >= 0.3 is 0 Å². The number of phenols is 1. The summed E-state index contributed by atoms with van der Waals surface area (Å²) in [5.41, 5.74) is 2.53. The first kappa shape index (κ1) is 24.6. The molecule has 0 radical (unpaired) electrons. The monoisotopic (exact) mass is 503 g/mol. The molecule has 2 N–H and O–H groups in total. The quantitative estimate of drug-likeness (QED) is 0.277. The minimum absolute atomic E-state index is 0.0363. The second-order valence-corrected chi connectivity index (χ2v) is 9.06. The first-order valence-electron chi connectivity index (χ1n) is 10.8. The second kappa shape index (κ2) is 10.8.